The molecule has 4 atom stereocenters. The Morgan fingerprint density at radius 3 is 1.89 bits per heavy atom. The van der Waals surface area contributed by atoms with Crippen LogP contribution in [0.2, 0.25) is 0 Å². The lowest BCUT2D eigenvalue weighted by Gasteiger charge is -2.31. The van der Waals surface area contributed by atoms with Gasteiger partial charge in [-0.15, -0.1) is 0 Å². The first-order valence-corrected chi connectivity index (χ1v) is 25.2. The highest BCUT2D eigenvalue weighted by Crippen LogP contribution is 2.46. The molecule has 1 aliphatic carbocycles. The number of carbonyl (C=O) groups is 4. The van der Waals surface area contributed by atoms with E-state index < -0.39 is 58.8 Å². The first-order chi connectivity index (χ1) is 35.2. The molecule has 2 aromatic heterocycles. The van der Waals surface area contributed by atoms with E-state index in [1.165, 1.54) is 10.6 Å². The van der Waals surface area contributed by atoms with Gasteiger partial charge in [0.05, 0.1) is 141 Å². The number of pyridine rings is 2. The number of amides is 3. The number of hydrogen-bond acceptors (Lipinski definition) is 17. The minimum absolute atomic E-state index is 0.00180. The van der Waals surface area contributed by atoms with Crippen molar-refractivity contribution in [1.29, 1.82) is 0 Å². The predicted octanol–water partition coefficient (Wildman–Crippen LogP) is 1.76. The summed E-state index contributed by atoms with van der Waals surface area (Å²) in [5.41, 5.74) is 6.79. The molecule has 0 radical (unpaired) electrons. The first-order valence-electron chi connectivity index (χ1n) is 25.2. The number of aromatic nitrogens is 2. The number of benzene rings is 1. The van der Waals surface area contributed by atoms with Crippen LogP contribution in [0.5, 0.6) is 0 Å². The Kier molecular flexibility index (Phi) is 22.0. The summed E-state index contributed by atoms with van der Waals surface area (Å²) in [5, 5.41) is 20.7. The maximum Gasteiger partial charge on any atom is 0.343 e. The third kappa shape index (κ3) is 14.6. The number of esters is 1. The molecule has 404 valence electrons. The second kappa shape index (κ2) is 28.0. The molecule has 0 unspecified atom stereocenters. The number of fused-ring (bicyclic) bond motifs is 5. The zero-order chi connectivity index (χ0) is 52.5. The Bertz CT molecular complexity index is 2440. The fourth-order valence-electron chi connectivity index (χ4n) is 9.03. The molecule has 0 saturated heterocycles. The number of cyclic esters (lactones) is 1. The second-order valence-electron chi connectivity index (χ2n) is 18.4. The fourth-order valence-corrected chi connectivity index (χ4v) is 9.03. The lowest BCUT2D eigenvalue weighted by Crippen LogP contribution is -2.55. The van der Waals surface area contributed by atoms with Crippen molar-refractivity contribution < 1.29 is 71.3 Å². The molecular weight excluding hydrogens is 956 g/mol. The van der Waals surface area contributed by atoms with Crippen molar-refractivity contribution >= 4 is 34.6 Å². The normalized spacial score (nSPS) is 17.5. The van der Waals surface area contributed by atoms with Crippen LogP contribution in [0.15, 0.2) is 16.9 Å². The van der Waals surface area contributed by atoms with E-state index in [2.05, 4.69) is 16.0 Å². The van der Waals surface area contributed by atoms with Crippen molar-refractivity contribution in [1.82, 2.24) is 25.5 Å². The number of carbonyl (C=O) groups excluding carboxylic acids is 4. The number of nitrogens with two attached hydrogens (primary N) is 1. The average molecular weight is 1030 g/mol. The molecule has 6 N–H and O–H groups in total. The molecule has 0 bridgehead atoms. The van der Waals surface area contributed by atoms with Gasteiger partial charge < -0.3 is 74.0 Å². The Morgan fingerprint density at radius 1 is 0.808 bits per heavy atom. The molecule has 1 aromatic carbocycles. The van der Waals surface area contributed by atoms with Crippen LogP contribution in [0.1, 0.15) is 86.4 Å². The molecule has 22 heteroatoms. The van der Waals surface area contributed by atoms with Crippen LogP contribution in [0.4, 0.5) is 4.39 Å². The van der Waals surface area contributed by atoms with E-state index in [9.17, 15) is 29.1 Å². The number of aryl methyl sites for hydroxylation is 1. The third-order valence-electron chi connectivity index (χ3n) is 13.1. The maximum atomic E-state index is 15.4. The summed E-state index contributed by atoms with van der Waals surface area (Å²) in [6.07, 6.45) is 0.785. The number of ether oxygens (including phenoxy) is 9. The number of rotatable bonds is 33. The molecule has 6 rings (SSSR count). The topological polar surface area (TPSA) is 269 Å². The van der Waals surface area contributed by atoms with Gasteiger partial charge in [-0.05, 0) is 61.8 Å². The third-order valence-corrected chi connectivity index (χ3v) is 13.1. The molecule has 4 heterocycles. The molecule has 3 amide bonds. The van der Waals surface area contributed by atoms with Gasteiger partial charge in [-0.2, -0.15) is 0 Å². The van der Waals surface area contributed by atoms with Crippen LogP contribution in [0.25, 0.3) is 22.3 Å². The van der Waals surface area contributed by atoms with Gasteiger partial charge in [0.15, 0.2) is 5.60 Å². The van der Waals surface area contributed by atoms with Crippen LogP contribution in [-0.2, 0) is 87.0 Å². The van der Waals surface area contributed by atoms with Gasteiger partial charge in [0.25, 0.3) is 5.56 Å². The van der Waals surface area contributed by atoms with Crippen LogP contribution in [-0.4, -0.2) is 163 Å². The highest BCUT2D eigenvalue weighted by Gasteiger charge is 2.46. The predicted molar refractivity (Wildman–Crippen MR) is 263 cm³/mol. The summed E-state index contributed by atoms with van der Waals surface area (Å²) in [4.78, 5) is 72.1. The molecule has 73 heavy (non-hydrogen) atoms. The van der Waals surface area contributed by atoms with E-state index in [0.717, 1.165) is 5.56 Å². The van der Waals surface area contributed by atoms with Gasteiger partial charge in [-0.1, -0.05) is 20.8 Å². The van der Waals surface area contributed by atoms with E-state index in [0.29, 0.717) is 151 Å². The molecule has 3 aliphatic rings. The largest absolute Gasteiger partial charge is 0.458 e. The summed E-state index contributed by atoms with van der Waals surface area (Å²) in [6.45, 7) is 15.3. The van der Waals surface area contributed by atoms with Gasteiger partial charge in [0, 0.05) is 35.5 Å². The molecule has 0 spiro atoms. The SMILES string of the molecule is CC[C@@]1(O)C(=O)OCc2c1cc1n(c2=O)Cc2c-1nc1cc(F)c(C)c3c1c2[C@@H](NC(=O)[C@H](C)NC(=O)[C@@H](NC(=O)CCOCCOCCOCCOCCOCCOCCOCCOCCN)C(C)C)CC3. The van der Waals surface area contributed by atoms with Crippen molar-refractivity contribution in [3.8, 4) is 11.4 Å². The molecule has 0 saturated carbocycles. The highest BCUT2D eigenvalue weighted by atomic mass is 19.1. The summed E-state index contributed by atoms with van der Waals surface area (Å²) >= 11 is 0. The van der Waals surface area contributed by atoms with Crippen LogP contribution < -0.4 is 27.2 Å². The molecule has 0 fully saturated rings. The van der Waals surface area contributed by atoms with Gasteiger partial charge >= 0.3 is 5.97 Å². The minimum Gasteiger partial charge on any atom is -0.458 e. The van der Waals surface area contributed by atoms with E-state index >= 15 is 4.39 Å². The number of nitrogens with one attached hydrogen (secondary N) is 3. The van der Waals surface area contributed by atoms with Crippen LogP contribution in [0.3, 0.4) is 0 Å². The number of hydrogen-bond donors (Lipinski definition) is 5. The van der Waals surface area contributed by atoms with Crippen molar-refractivity contribution in [3.05, 3.63) is 61.7 Å². The van der Waals surface area contributed by atoms with E-state index in [4.69, 9.17) is 53.3 Å². The maximum absolute atomic E-state index is 15.4. The number of halogens is 1. The summed E-state index contributed by atoms with van der Waals surface area (Å²) < 4.78 is 65.8. The summed E-state index contributed by atoms with van der Waals surface area (Å²) in [7, 11) is 0. The fraction of sp³-hybridized carbons (Fsp3) is 0.647. The highest BCUT2D eigenvalue weighted by molar-refractivity contribution is 5.95. The van der Waals surface area contributed by atoms with E-state index in [1.54, 1.807) is 40.7 Å². The Labute approximate surface area is 424 Å². The van der Waals surface area contributed by atoms with Gasteiger partial charge in [0.1, 0.15) is 24.5 Å². The lowest BCUT2D eigenvalue weighted by atomic mass is 9.81. The first kappa shape index (κ1) is 57.3. The quantitative estimate of drug-likeness (QED) is 0.0336. The molecule has 2 aliphatic heterocycles. The average Bonchev–Trinajstić information content (AvgIpc) is 3.74. The van der Waals surface area contributed by atoms with Gasteiger partial charge in [-0.3, -0.25) is 19.2 Å². The van der Waals surface area contributed by atoms with Crippen molar-refractivity contribution in [2.24, 2.45) is 11.7 Å². The van der Waals surface area contributed by atoms with Crippen molar-refractivity contribution in [3.63, 3.8) is 0 Å². The Morgan fingerprint density at radius 2 is 1.36 bits per heavy atom. The Hall–Kier alpha value is -5.01. The minimum atomic E-state index is -2.03. The van der Waals surface area contributed by atoms with E-state index in [-0.39, 0.29) is 56.3 Å². The van der Waals surface area contributed by atoms with Crippen LogP contribution >= 0.6 is 0 Å². The van der Waals surface area contributed by atoms with E-state index in [1.807, 2.05) is 0 Å². The smallest absolute Gasteiger partial charge is 0.343 e. The number of nitrogens with zero attached hydrogens (tertiary/aromatic N) is 2. The zero-order valence-corrected chi connectivity index (χ0v) is 42.7. The molecular formula is C51H73FN6O15. The van der Waals surface area contributed by atoms with Crippen molar-refractivity contribution in [2.75, 3.05) is 112 Å². The monoisotopic (exact) mass is 1030 g/mol. The zero-order valence-electron chi connectivity index (χ0n) is 42.7. The van der Waals surface area contributed by atoms with Crippen molar-refractivity contribution in [2.45, 2.75) is 97.2 Å². The standard InChI is InChI=1S/C51H73FN6O15/c1-6-51(64)37-27-41-46-35(29-58(41)49(62)36(37)30-73-50(51)63)44-39(8-7-34-32(4)38(52)28-40(55-46)43(34)44)56-47(60)33(5)54-48(61)45(31(2)3)57-42(59)9-11-65-13-15-67-17-19-69-21-23-71-25-26-72-24-22-70-20-18-68-16-14-66-12-10-53/h27-28,31,33,39,45,64H,6-26,29-30,53H2,1-5H3,(H,54,61)(H,56,60)(H,57,59)/t33-,39-,45-,51-/m0/s1. The van der Waals surface area contributed by atoms with Crippen LogP contribution in [0, 0.1) is 18.7 Å². The second-order valence-corrected chi connectivity index (χ2v) is 18.4. The summed E-state index contributed by atoms with van der Waals surface area (Å²) in [6, 6.07) is 0.346. The lowest BCUT2D eigenvalue weighted by molar-refractivity contribution is -0.172. The van der Waals surface area contributed by atoms with Gasteiger partial charge in [-0.25, -0.2) is 14.2 Å². The number of aliphatic hydroxyl groups is 1. The van der Waals surface area contributed by atoms with Gasteiger partial charge in [0.2, 0.25) is 17.7 Å². The molecule has 3 aromatic rings. The summed E-state index contributed by atoms with van der Waals surface area (Å²) in [5.74, 6) is -3.04. The molecule has 21 nitrogen and oxygen atoms in total. The Balaban J connectivity index is 0.890.